The fourth-order valence-corrected chi connectivity index (χ4v) is 2.30. The maximum atomic E-state index is 12.3. The molecule has 0 atom stereocenters. The molecule has 0 saturated carbocycles. The second-order valence-corrected chi connectivity index (χ2v) is 5.38. The van der Waals surface area contributed by atoms with Crippen LogP contribution in [0.5, 0.6) is 0 Å². The fraction of sp³-hybridized carbons (Fsp3) is 0.0556. The van der Waals surface area contributed by atoms with E-state index >= 15 is 0 Å². The van der Waals surface area contributed by atoms with Gasteiger partial charge in [-0.05, 0) is 25.1 Å². The first-order valence-corrected chi connectivity index (χ1v) is 7.37. The number of carbonyl (C=O) groups is 2. The Labute approximate surface area is 138 Å². The number of fused-ring (bicyclic) bond motifs is 1. The Morgan fingerprint density at radius 3 is 2.38 bits per heavy atom. The number of pyridine rings is 1. The van der Waals surface area contributed by atoms with Crippen LogP contribution in [-0.4, -0.2) is 16.8 Å². The van der Waals surface area contributed by atoms with Gasteiger partial charge in [0, 0.05) is 17.1 Å². The van der Waals surface area contributed by atoms with Crippen molar-refractivity contribution in [2.24, 2.45) is 0 Å². The largest absolute Gasteiger partial charge is 0.397 e. The summed E-state index contributed by atoms with van der Waals surface area (Å²) in [4.78, 5) is 28.5. The number of benzene rings is 2. The number of hydrogen-bond donors (Lipinski definition) is 3. The van der Waals surface area contributed by atoms with Crippen molar-refractivity contribution < 1.29 is 9.59 Å². The molecular weight excluding hydrogens is 304 g/mol. The highest BCUT2D eigenvalue weighted by molar-refractivity contribution is 6.07. The smallest absolute Gasteiger partial charge is 0.273 e. The molecule has 6 nitrogen and oxygen atoms in total. The summed E-state index contributed by atoms with van der Waals surface area (Å²) in [5.74, 6) is -0.929. The van der Waals surface area contributed by atoms with E-state index in [4.69, 9.17) is 5.73 Å². The Morgan fingerprint density at radius 2 is 1.62 bits per heavy atom. The zero-order valence-electron chi connectivity index (χ0n) is 13.0. The highest BCUT2D eigenvalue weighted by atomic mass is 16.2. The summed E-state index contributed by atoms with van der Waals surface area (Å²) in [6.45, 7) is 1.93. The summed E-state index contributed by atoms with van der Waals surface area (Å²) >= 11 is 0. The van der Waals surface area contributed by atoms with E-state index < -0.39 is 11.8 Å². The molecule has 0 saturated heterocycles. The van der Waals surface area contributed by atoms with Crippen LogP contribution in [0.2, 0.25) is 0 Å². The van der Waals surface area contributed by atoms with Crippen molar-refractivity contribution in [2.75, 3.05) is 5.73 Å². The lowest BCUT2D eigenvalue weighted by atomic mass is 10.1. The molecule has 0 spiro atoms. The number of nitrogens with zero attached hydrogens (tertiary/aromatic N) is 1. The minimum Gasteiger partial charge on any atom is -0.397 e. The second-order valence-electron chi connectivity index (χ2n) is 5.38. The van der Waals surface area contributed by atoms with Gasteiger partial charge in [-0.1, -0.05) is 35.9 Å². The van der Waals surface area contributed by atoms with Gasteiger partial charge in [0.2, 0.25) is 0 Å². The van der Waals surface area contributed by atoms with Crippen LogP contribution in [0.3, 0.4) is 0 Å². The number of anilines is 1. The van der Waals surface area contributed by atoms with E-state index in [0.717, 1.165) is 5.56 Å². The van der Waals surface area contributed by atoms with Gasteiger partial charge in [0.15, 0.2) is 0 Å². The van der Waals surface area contributed by atoms with Crippen LogP contribution in [0, 0.1) is 6.92 Å². The number of aromatic nitrogens is 1. The summed E-state index contributed by atoms with van der Waals surface area (Å²) < 4.78 is 0. The van der Waals surface area contributed by atoms with E-state index in [0.29, 0.717) is 22.2 Å². The van der Waals surface area contributed by atoms with Gasteiger partial charge in [0.05, 0.1) is 16.8 Å². The van der Waals surface area contributed by atoms with E-state index in [2.05, 4.69) is 15.8 Å². The molecule has 0 bridgehead atoms. The van der Waals surface area contributed by atoms with Gasteiger partial charge < -0.3 is 5.73 Å². The number of amides is 2. The van der Waals surface area contributed by atoms with E-state index in [1.807, 2.05) is 37.3 Å². The molecule has 6 heteroatoms. The number of nitrogen functional groups attached to an aromatic ring is 1. The lowest BCUT2D eigenvalue weighted by Crippen LogP contribution is -2.41. The minimum atomic E-state index is -0.522. The average Bonchev–Trinajstić information content (AvgIpc) is 2.60. The lowest BCUT2D eigenvalue weighted by Gasteiger charge is -2.10. The monoisotopic (exact) mass is 320 g/mol. The van der Waals surface area contributed by atoms with Gasteiger partial charge in [0.25, 0.3) is 11.8 Å². The van der Waals surface area contributed by atoms with Crippen molar-refractivity contribution in [3.63, 3.8) is 0 Å². The summed E-state index contributed by atoms with van der Waals surface area (Å²) in [6.07, 6.45) is 1.39. The Kier molecular flexibility index (Phi) is 4.11. The van der Waals surface area contributed by atoms with Gasteiger partial charge in [-0.15, -0.1) is 0 Å². The maximum absolute atomic E-state index is 12.3. The number of para-hydroxylation sites is 1. The fourth-order valence-electron chi connectivity index (χ4n) is 2.30. The van der Waals surface area contributed by atoms with E-state index in [1.54, 1.807) is 18.2 Å². The molecule has 0 fully saturated rings. The van der Waals surface area contributed by atoms with Crippen LogP contribution in [0.15, 0.2) is 54.7 Å². The summed E-state index contributed by atoms with van der Waals surface area (Å²) in [5.41, 5.74) is 13.5. The molecular formula is C18H16N4O2. The van der Waals surface area contributed by atoms with Crippen molar-refractivity contribution in [3.8, 4) is 0 Å². The third-order valence-corrected chi connectivity index (χ3v) is 3.67. The highest BCUT2D eigenvalue weighted by Crippen LogP contribution is 2.22. The molecule has 3 rings (SSSR count). The number of carbonyl (C=O) groups excluding carboxylic acids is 2. The lowest BCUT2D eigenvalue weighted by molar-refractivity contribution is 0.0847. The maximum Gasteiger partial charge on any atom is 0.273 e. The minimum absolute atomic E-state index is 0.206. The Bertz CT molecular complexity index is 920. The third-order valence-electron chi connectivity index (χ3n) is 3.67. The first kappa shape index (κ1) is 15.5. The Hall–Kier alpha value is -3.41. The molecule has 1 heterocycles. The number of hydrogen-bond acceptors (Lipinski definition) is 4. The summed E-state index contributed by atoms with van der Waals surface area (Å²) in [6, 6.07) is 14.3. The molecule has 24 heavy (non-hydrogen) atoms. The van der Waals surface area contributed by atoms with Crippen LogP contribution in [-0.2, 0) is 0 Å². The van der Waals surface area contributed by atoms with Crippen molar-refractivity contribution in [1.29, 1.82) is 0 Å². The number of aryl methyl sites for hydroxylation is 1. The number of nitrogens with two attached hydrogens (primary N) is 1. The normalized spacial score (nSPS) is 10.4. The number of rotatable bonds is 2. The molecule has 2 amide bonds. The zero-order chi connectivity index (χ0) is 17.1. The predicted octanol–water partition coefficient (Wildman–Crippen LogP) is 2.20. The predicted molar refractivity (Wildman–Crippen MR) is 92.3 cm³/mol. The third kappa shape index (κ3) is 3.03. The summed E-state index contributed by atoms with van der Waals surface area (Å²) in [5, 5.41) is 0.690. The SMILES string of the molecule is Cc1ccc(C(=O)NNC(=O)c2cnc3ccccc3c2N)cc1. The molecule has 0 radical (unpaired) electrons. The Balaban J connectivity index is 1.74. The van der Waals surface area contributed by atoms with Crippen molar-refractivity contribution >= 4 is 28.4 Å². The highest BCUT2D eigenvalue weighted by Gasteiger charge is 2.14. The van der Waals surface area contributed by atoms with Crippen LogP contribution >= 0.6 is 0 Å². The first-order valence-electron chi connectivity index (χ1n) is 7.37. The van der Waals surface area contributed by atoms with E-state index in [-0.39, 0.29) is 5.56 Å². The van der Waals surface area contributed by atoms with Crippen LogP contribution in [0.4, 0.5) is 5.69 Å². The Morgan fingerprint density at radius 1 is 0.958 bits per heavy atom. The van der Waals surface area contributed by atoms with Gasteiger partial charge in [-0.3, -0.25) is 25.4 Å². The molecule has 2 aromatic carbocycles. The average molecular weight is 320 g/mol. The van der Waals surface area contributed by atoms with Gasteiger partial charge >= 0.3 is 0 Å². The second kappa shape index (κ2) is 6.37. The van der Waals surface area contributed by atoms with Crippen molar-refractivity contribution in [3.05, 3.63) is 71.4 Å². The van der Waals surface area contributed by atoms with Crippen LogP contribution < -0.4 is 16.6 Å². The molecule has 0 aliphatic heterocycles. The van der Waals surface area contributed by atoms with E-state index in [1.165, 1.54) is 6.20 Å². The molecule has 1 aromatic heterocycles. The number of nitrogens with one attached hydrogen (secondary N) is 2. The molecule has 4 N–H and O–H groups in total. The standard InChI is InChI=1S/C18H16N4O2/c1-11-6-8-12(9-7-11)17(23)21-22-18(24)14-10-20-15-5-3-2-4-13(15)16(14)19/h2-10H,1H3,(H2,19,20)(H,21,23)(H,22,24). The first-order chi connectivity index (χ1) is 11.6. The van der Waals surface area contributed by atoms with Crippen LogP contribution in [0.1, 0.15) is 26.3 Å². The summed E-state index contributed by atoms with van der Waals surface area (Å²) in [7, 11) is 0. The molecule has 0 aliphatic carbocycles. The molecule has 120 valence electrons. The van der Waals surface area contributed by atoms with Crippen molar-refractivity contribution in [2.45, 2.75) is 6.92 Å². The molecule has 0 aliphatic rings. The van der Waals surface area contributed by atoms with Gasteiger partial charge in [-0.2, -0.15) is 0 Å². The van der Waals surface area contributed by atoms with Crippen molar-refractivity contribution in [1.82, 2.24) is 15.8 Å². The zero-order valence-corrected chi connectivity index (χ0v) is 13.0. The molecule has 0 unspecified atom stereocenters. The van der Waals surface area contributed by atoms with Crippen LogP contribution in [0.25, 0.3) is 10.9 Å². The molecule has 3 aromatic rings. The quantitative estimate of drug-likeness (QED) is 0.631. The number of hydrazine groups is 1. The topological polar surface area (TPSA) is 97.1 Å². The van der Waals surface area contributed by atoms with Gasteiger partial charge in [-0.25, -0.2) is 0 Å². The van der Waals surface area contributed by atoms with Gasteiger partial charge in [0.1, 0.15) is 0 Å². The van der Waals surface area contributed by atoms with E-state index in [9.17, 15) is 9.59 Å².